The quantitative estimate of drug-likeness (QED) is 0.887. The number of rotatable bonds is 4. The predicted molar refractivity (Wildman–Crippen MR) is 82.9 cm³/mol. The second-order valence-corrected chi connectivity index (χ2v) is 7.07. The Morgan fingerprint density at radius 3 is 2.50 bits per heavy atom. The highest BCUT2D eigenvalue weighted by atomic mass is 16.5. The maximum Gasteiger partial charge on any atom is 0.103 e. The Hall–Kier alpha value is -0.860. The van der Waals surface area contributed by atoms with Crippen LogP contribution in [0.25, 0.3) is 0 Å². The molecule has 0 heterocycles. The number of hydrogen-bond acceptors (Lipinski definition) is 2. The number of aliphatic hydroxyl groups is 1. The molecule has 0 aliphatic heterocycles. The number of aliphatic hydroxyl groups excluding tert-OH is 1. The summed E-state index contributed by atoms with van der Waals surface area (Å²) >= 11 is 0. The van der Waals surface area contributed by atoms with Gasteiger partial charge in [-0.3, -0.25) is 0 Å². The molecule has 0 saturated heterocycles. The molecule has 0 spiro atoms. The molecule has 1 aliphatic carbocycles. The third-order valence-corrected chi connectivity index (χ3v) is 4.56. The molecule has 0 bridgehead atoms. The minimum atomic E-state index is -0.509. The molecular weight excluding hydrogens is 248 g/mol. The van der Waals surface area contributed by atoms with Gasteiger partial charge in [0, 0.05) is 0 Å². The van der Waals surface area contributed by atoms with Crippen LogP contribution < -0.4 is 0 Å². The maximum absolute atomic E-state index is 10.3. The van der Waals surface area contributed by atoms with E-state index in [1.54, 1.807) is 0 Å². The Kier molecular flexibility index (Phi) is 4.87. The van der Waals surface area contributed by atoms with Crippen LogP contribution in [0.3, 0.4) is 0 Å². The van der Waals surface area contributed by atoms with Crippen LogP contribution in [0.15, 0.2) is 18.2 Å². The predicted octanol–water partition coefficient (Wildman–Crippen LogP) is 4.32. The summed E-state index contributed by atoms with van der Waals surface area (Å²) in [5.74, 6) is 0. The van der Waals surface area contributed by atoms with E-state index in [1.807, 2.05) is 6.07 Å². The zero-order valence-electron chi connectivity index (χ0n) is 13.3. The Bertz CT molecular complexity index is 441. The number of ether oxygens (including phenoxy) is 1. The summed E-state index contributed by atoms with van der Waals surface area (Å²) in [5.41, 5.74) is 3.83. The van der Waals surface area contributed by atoms with Crippen molar-refractivity contribution in [3.63, 3.8) is 0 Å². The summed E-state index contributed by atoms with van der Waals surface area (Å²) in [6, 6.07) is 6.18. The van der Waals surface area contributed by atoms with Crippen LogP contribution in [0, 0.1) is 19.3 Å². The first-order valence-corrected chi connectivity index (χ1v) is 7.74. The second-order valence-electron chi connectivity index (χ2n) is 7.07. The fourth-order valence-electron chi connectivity index (χ4n) is 3.06. The van der Waals surface area contributed by atoms with E-state index >= 15 is 0 Å². The second kappa shape index (κ2) is 6.28. The molecular formula is C18H28O2. The lowest BCUT2D eigenvalue weighted by molar-refractivity contribution is -0.0381. The minimum absolute atomic E-state index is 0.323. The smallest absolute Gasteiger partial charge is 0.103 e. The maximum atomic E-state index is 10.3. The fourth-order valence-corrected chi connectivity index (χ4v) is 3.06. The molecule has 1 fully saturated rings. The van der Waals surface area contributed by atoms with Gasteiger partial charge in [-0.25, -0.2) is 0 Å². The van der Waals surface area contributed by atoms with E-state index < -0.39 is 6.10 Å². The van der Waals surface area contributed by atoms with E-state index in [9.17, 15) is 5.11 Å². The molecule has 0 aromatic heterocycles. The van der Waals surface area contributed by atoms with Crippen LogP contribution in [-0.2, 0) is 4.74 Å². The van der Waals surface area contributed by atoms with Crippen LogP contribution in [-0.4, -0.2) is 17.8 Å². The Balaban J connectivity index is 1.85. The molecule has 1 unspecified atom stereocenters. The first-order chi connectivity index (χ1) is 9.37. The van der Waals surface area contributed by atoms with Crippen molar-refractivity contribution in [2.75, 3.05) is 6.61 Å². The van der Waals surface area contributed by atoms with E-state index in [-0.39, 0.29) is 0 Å². The standard InChI is InChI=1S/C18H28O2/c1-13-5-6-16(14(2)11-13)17(19)12-20-15-7-9-18(3,4)10-8-15/h5-6,11,15,17,19H,7-10,12H2,1-4H3. The van der Waals surface area contributed by atoms with Gasteiger partial charge in [-0.2, -0.15) is 0 Å². The van der Waals surface area contributed by atoms with Crippen LogP contribution >= 0.6 is 0 Å². The van der Waals surface area contributed by atoms with Crippen molar-refractivity contribution in [1.29, 1.82) is 0 Å². The summed E-state index contributed by atoms with van der Waals surface area (Å²) in [6.07, 6.45) is 4.49. The van der Waals surface area contributed by atoms with E-state index in [1.165, 1.54) is 18.4 Å². The lowest BCUT2D eigenvalue weighted by atomic mass is 9.76. The van der Waals surface area contributed by atoms with Crippen LogP contribution in [0.5, 0.6) is 0 Å². The van der Waals surface area contributed by atoms with Gasteiger partial charge >= 0.3 is 0 Å². The molecule has 1 saturated carbocycles. The monoisotopic (exact) mass is 276 g/mol. The molecule has 2 heteroatoms. The summed E-state index contributed by atoms with van der Waals surface area (Å²) in [6.45, 7) is 9.19. The van der Waals surface area contributed by atoms with Crippen molar-refractivity contribution < 1.29 is 9.84 Å². The highest BCUT2D eigenvalue weighted by Gasteiger charge is 2.27. The van der Waals surface area contributed by atoms with Gasteiger partial charge in [-0.05, 0) is 56.1 Å². The van der Waals surface area contributed by atoms with Gasteiger partial charge in [0.1, 0.15) is 6.10 Å². The van der Waals surface area contributed by atoms with Gasteiger partial charge in [0.25, 0.3) is 0 Å². The number of hydrogen-bond donors (Lipinski definition) is 1. The molecule has 1 aromatic carbocycles. The Morgan fingerprint density at radius 2 is 1.90 bits per heavy atom. The highest BCUT2D eigenvalue weighted by molar-refractivity contribution is 5.31. The van der Waals surface area contributed by atoms with Gasteiger partial charge in [0.15, 0.2) is 0 Å². The zero-order chi connectivity index (χ0) is 14.8. The van der Waals surface area contributed by atoms with E-state index in [0.29, 0.717) is 18.1 Å². The van der Waals surface area contributed by atoms with Crippen LogP contribution in [0.2, 0.25) is 0 Å². The average molecular weight is 276 g/mol. The lowest BCUT2D eigenvalue weighted by Gasteiger charge is -2.34. The number of aryl methyl sites for hydroxylation is 2. The molecule has 0 radical (unpaired) electrons. The molecule has 0 amide bonds. The first kappa shape index (κ1) is 15.5. The van der Waals surface area contributed by atoms with Crippen molar-refractivity contribution in [3.8, 4) is 0 Å². The molecule has 1 aliphatic rings. The molecule has 2 rings (SSSR count). The first-order valence-electron chi connectivity index (χ1n) is 7.74. The summed E-state index contributed by atoms with van der Waals surface area (Å²) in [5, 5.41) is 10.3. The van der Waals surface area contributed by atoms with Crippen molar-refractivity contribution >= 4 is 0 Å². The zero-order valence-corrected chi connectivity index (χ0v) is 13.3. The summed E-state index contributed by atoms with van der Waals surface area (Å²) in [4.78, 5) is 0. The van der Waals surface area contributed by atoms with Crippen molar-refractivity contribution in [2.45, 2.75) is 65.6 Å². The van der Waals surface area contributed by atoms with Crippen molar-refractivity contribution in [3.05, 3.63) is 34.9 Å². The summed E-state index contributed by atoms with van der Waals surface area (Å²) < 4.78 is 5.93. The van der Waals surface area contributed by atoms with E-state index in [4.69, 9.17) is 4.74 Å². The lowest BCUT2D eigenvalue weighted by Crippen LogP contribution is -2.27. The van der Waals surface area contributed by atoms with E-state index in [2.05, 4.69) is 39.8 Å². The fraction of sp³-hybridized carbons (Fsp3) is 0.667. The third-order valence-electron chi connectivity index (χ3n) is 4.56. The summed E-state index contributed by atoms with van der Waals surface area (Å²) in [7, 11) is 0. The normalized spacial score (nSPS) is 20.9. The van der Waals surface area contributed by atoms with Gasteiger partial charge < -0.3 is 9.84 Å². The Morgan fingerprint density at radius 1 is 1.25 bits per heavy atom. The highest BCUT2D eigenvalue weighted by Crippen LogP contribution is 2.36. The largest absolute Gasteiger partial charge is 0.386 e. The third kappa shape index (κ3) is 4.07. The topological polar surface area (TPSA) is 29.5 Å². The van der Waals surface area contributed by atoms with Gasteiger partial charge in [-0.15, -0.1) is 0 Å². The molecule has 20 heavy (non-hydrogen) atoms. The molecule has 1 aromatic rings. The van der Waals surface area contributed by atoms with E-state index in [0.717, 1.165) is 24.0 Å². The van der Waals surface area contributed by atoms with Crippen LogP contribution in [0.1, 0.15) is 62.3 Å². The number of benzene rings is 1. The van der Waals surface area contributed by atoms with Gasteiger partial charge in [0.2, 0.25) is 0 Å². The van der Waals surface area contributed by atoms with Gasteiger partial charge in [-0.1, -0.05) is 37.6 Å². The Labute approximate surface area is 123 Å². The van der Waals surface area contributed by atoms with Crippen molar-refractivity contribution in [2.24, 2.45) is 5.41 Å². The average Bonchev–Trinajstić information content (AvgIpc) is 2.37. The molecule has 1 atom stereocenters. The van der Waals surface area contributed by atoms with Crippen LogP contribution in [0.4, 0.5) is 0 Å². The van der Waals surface area contributed by atoms with Gasteiger partial charge in [0.05, 0.1) is 12.7 Å². The molecule has 112 valence electrons. The minimum Gasteiger partial charge on any atom is -0.386 e. The SMILES string of the molecule is Cc1ccc(C(O)COC2CCC(C)(C)CC2)c(C)c1. The molecule has 2 nitrogen and oxygen atoms in total. The molecule has 1 N–H and O–H groups in total. The van der Waals surface area contributed by atoms with Crippen molar-refractivity contribution in [1.82, 2.24) is 0 Å².